The Morgan fingerprint density at radius 3 is 2.11 bits per heavy atom. The second kappa shape index (κ2) is 3.18. The number of hydrogen-bond donors (Lipinski definition) is 0. The van der Waals surface area contributed by atoms with E-state index < -0.39 is 8.32 Å². The van der Waals surface area contributed by atoms with E-state index in [1.54, 1.807) is 0 Å². The van der Waals surface area contributed by atoms with Gasteiger partial charge in [0, 0.05) is 6.61 Å². The minimum atomic E-state index is -1.48. The zero-order valence-electron chi connectivity index (χ0n) is 6.82. The van der Waals surface area contributed by atoms with Crippen LogP contribution in [0.5, 0.6) is 0 Å². The second-order valence-corrected chi connectivity index (χ2v) is 6.89. The first kappa shape index (κ1) is 8.92. The molecular weight excluding hydrogens is 128 g/mol. The highest BCUT2D eigenvalue weighted by molar-refractivity contribution is 6.78. The quantitative estimate of drug-likeness (QED) is 0.552. The first-order valence-corrected chi connectivity index (χ1v) is 6.21. The molecule has 2 heteroatoms. The molecule has 0 saturated heterocycles. The van der Waals surface area contributed by atoms with E-state index in [2.05, 4.69) is 19.7 Å². The maximum absolute atomic E-state index is 5.53. The van der Waals surface area contributed by atoms with Crippen molar-refractivity contribution in [1.29, 1.82) is 0 Å². The molecule has 0 aliphatic carbocycles. The molecule has 0 N–H and O–H groups in total. The van der Waals surface area contributed by atoms with Crippen LogP contribution in [0.3, 0.4) is 0 Å². The highest BCUT2D eigenvalue weighted by atomic mass is 28.4. The third-order valence-electron chi connectivity index (χ3n) is 1.53. The Hall–Kier alpha value is -0.0831. The minimum Gasteiger partial charge on any atom is -0.414 e. The first-order chi connectivity index (χ1) is 4.00. The fraction of sp³-hybridized carbons (Fsp3) is 0.714. The summed E-state index contributed by atoms with van der Waals surface area (Å²) in [5.41, 5.74) is 0. The summed E-state index contributed by atoms with van der Waals surface area (Å²) in [6.07, 6.45) is 0. The lowest BCUT2D eigenvalue weighted by Gasteiger charge is -2.21. The van der Waals surface area contributed by atoms with Crippen molar-refractivity contribution >= 4 is 8.32 Å². The van der Waals surface area contributed by atoms with Gasteiger partial charge in [-0.25, -0.2) is 0 Å². The third-order valence-corrected chi connectivity index (χ3v) is 4.60. The summed E-state index contributed by atoms with van der Waals surface area (Å²) in [7, 11) is -1.48. The minimum absolute atomic E-state index is 0.812. The van der Waals surface area contributed by atoms with Crippen molar-refractivity contribution in [2.75, 3.05) is 6.61 Å². The van der Waals surface area contributed by atoms with Crippen molar-refractivity contribution in [2.24, 2.45) is 0 Å². The molecule has 0 amide bonds. The van der Waals surface area contributed by atoms with Gasteiger partial charge in [-0.1, -0.05) is 5.20 Å². The van der Waals surface area contributed by atoms with Crippen molar-refractivity contribution in [3.05, 3.63) is 11.8 Å². The van der Waals surface area contributed by atoms with Crippen LogP contribution in [-0.2, 0) is 4.43 Å². The van der Waals surface area contributed by atoms with Crippen LogP contribution in [0.4, 0.5) is 0 Å². The molecule has 1 nitrogen and oxygen atoms in total. The molecule has 0 spiro atoms. The summed E-state index contributed by atoms with van der Waals surface area (Å²) in [5.74, 6) is 0. The van der Waals surface area contributed by atoms with Crippen LogP contribution >= 0.6 is 0 Å². The molecule has 0 aliphatic rings. The van der Waals surface area contributed by atoms with Crippen LogP contribution in [0.1, 0.15) is 13.8 Å². The van der Waals surface area contributed by atoms with Crippen molar-refractivity contribution in [1.82, 2.24) is 0 Å². The fourth-order valence-corrected chi connectivity index (χ4v) is 1.45. The lowest BCUT2D eigenvalue weighted by molar-refractivity contribution is 0.336. The molecule has 54 valence electrons. The largest absolute Gasteiger partial charge is 0.414 e. The van der Waals surface area contributed by atoms with Gasteiger partial charge in [-0.3, -0.25) is 0 Å². The summed E-state index contributed by atoms with van der Waals surface area (Å²) >= 11 is 0. The summed E-state index contributed by atoms with van der Waals surface area (Å²) in [4.78, 5) is 0. The van der Waals surface area contributed by atoms with Gasteiger partial charge in [0.05, 0.1) is 0 Å². The van der Waals surface area contributed by atoms with Gasteiger partial charge in [0.1, 0.15) is 0 Å². The average molecular weight is 144 g/mol. The zero-order chi connectivity index (χ0) is 7.49. The predicted octanol–water partition coefficient (Wildman–Crippen LogP) is 2.34. The van der Waals surface area contributed by atoms with Gasteiger partial charge in [-0.2, -0.15) is 0 Å². The van der Waals surface area contributed by atoms with Crippen molar-refractivity contribution < 1.29 is 4.43 Å². The Bertz CT molecular complexity index is 107. The van der Waals surface area contributed by atoms with Crippen molar-refractivity contribution in [3.63, 3.8) is 0 Å². The Kier molecular flexibility index (Phi) is 3.15. The van der Waals surface area contributed by atoms with Gasteiger partial charge in [-0.05, 0) is 26.9 Å². The molecule has 0 heterocycles. The molecule has 0 atom stereocenters. The predicted molar refractivity (Wildman–Crippen MR) is 43.9 cm³/mol. The zero-order valence-corrected chi connectivity index (χ0v) is 7.82. The molecule has 0 fully saturated rings. The lowest BCUT2D eigenvalue weighted by atomic mass is 10.8. The van der Waals surface area contributed by atoms with Crippen LogP contribution in [0.15, 0.2) is 11.8 Å². The Balaban J connectivity index is 3.85. The van der Waals surface area contributed by atoms with E-state index in [0.717, 1.165) is 6.61 Å². The van der Waals surface area contributed by atoms with E-state index in [4.69, 9.17) is 4.43 Å². The Morgan fingerprint density at radius 2 is 2.00 bits per heavy atom. The molecule has 0 rings (SSSR count). The molecule has 9 heavy (non-hydrogen) atoms. The maximum atomic E-state index is 5.53. The van der Waals surface area contributed by atoms with E-state index >= 15 is 0 Å². The van der Waals surface area contributed by atoms with Crippen LogP contribution in [0.25, 0.3) is 0 Å². The molecule has 0 unspecified atom stereocenters. The number of allylic oxidation sites excluding steroid dienone is 1. The molecule has 0 aromatic rings. The van der Waals surface area contributed by atoms with Gasteiger partial charge >= 0.3 is 0 Å². The first-order valence-electron chi connectivity index (χ1n) is 3.30. The van der Waals surface area contributed by atoms with Crippen LogP contribution < -0.4 is 0 Å². The molecular formula is C7H16OSi. The lowest BCUT2D eigenvalue weighted by Crippen LogP contribution is -2.31. The van der Waals surface area contributed by atoms with Crippen LogP contribution in [0.2, 0.25) is 13.1 Å². The second-order valence-electron chi connectivity index (χ2n) is 2.72. The highest BCUT2D eigenvalue weighted by Gasteiger charge is 2.21. The normalized spacial score (nSPS) is 11.6. The molecule has 0 radical (unpaired) electrons. The van der Waals surface area contributed by atoms with E-state index in [0.29, 0.717) is 0 Å². The SMILES string of the molecule is C=C(C)[Si](C)(C)OCC. The highest BCUT2D eigenvalue weighted by Crippen LogP contribution is 2.12. The van der Waals surface area contributed by atoms with E-state index in [1.807, 2.05) is 13.8 Å². The maximum Gasteiger partial charge on any atom is 0.213 e. The monoisotopic (exact) mass is 144 g/mol. The van der Waals surface area contributed by atoms with Gasteiger partial charge in [0.2, 0.25) is 8.32 Å². The number of rotatable bonds is 3. The third kappa shape index (κ3) is 2.82. The van der Waals surface area contributed by atoms with Gasteiger partial charge < -0.3 is 4.43 Å². The van der Waals surface area contributed by atoms with E-state index in [1.165, 1.54) is 5.20 Å². The van der Waals surface area contributed by atoms with E-state index in [-0.39, 0.29) is 0 Å². The average Bonchev–Trinajstić information content (AvgIpc) is 1.65. The fourth-order valence-electron chi connectivity index (χ4n) is 0.484. The van der Waals surface area contributed by atoms with Gasteiger partial charge in [-0.15, -0.1) is 6.58 Å². The van der Waals surface area contributed by atoms with Crippen molar-refractivity contribution in [3.8, 4) is 0 Å². The van der Waals surface area contributed by atoms with E-state index in [9.17, 15) is 0 Å². The standard InChI is InChI=1S/C7H16OSi/c1-6-8-9(4,5)7(2)3/h2,6H2,1,3-5H3. The Labute approximate surface area is 58.9 Å². The van der Waals surface area contributed by atoms with Crippen molar-refractivity contribution in [2.45, 2.75) is 26.9 Å². The summed E-state index contributed by atoms with van der Waals surface area (Å²) in [5, 5.41) is 1.21. The number of hydrogen-bond acceptors (Lipinski definition) is 1. The molecule has 0 saturated carbocycles. The molecule has 0 aromatic heterocycles. The van der Waals surface area contributed by atoms with Crippen LogP contribution in [-0.4, -0.2) is 14.9 Å². The molecule has 0 aromatic carbocycles. The van der Waals surface area contributed by atoms with Crippen LogP contribution in [0, 0.1) is 0 Å². The van der Waals surface area contributed by atoms with Gasteiger partial charge in [0.25, 0.3) is 0 Å². The molecule has 0 aliphatic heterocycles. The summed E-state index contributed by atoms with van der Waals surface area (Å²) in [6, 6.07) is 0. The summed E-state index contributed by atoms with van der Waals surface area (Å²) < 4.78 is 5.53. The topological polar surface area (TPSA) is 9.23 Å². The Morgan fingerprint density at radius 1 is 1.56 bits per heavy atom. The summed E-state index contributed by atoms with van der Waals surface area (Å²) in [6.45, 7) is 13.1. The molecule has 0 bridgehead atoms. The smallest absolute Gasteiger partial charge is 0.213 e. The van der Waals surface area contributed by atoms with Gasteiger partial charge in [0.15, 0.2) is 0 Å².